The lowest BCUT2D eigenvalue weighted by molar-refractivity contribution is -0.180. The van der Waals surface area contributed by atoms with Crippen LogP contribution in [0, 0.1) is 0 Å². The Hall–Kier alpha value is -1.17. The van der Waals surface area contributed by atoms with Gasteiger partial charge >= 0.3 is 0 Å². The summed E-state index contributed by atoms with van der Waals surface area (Å²) in [5, 5.41) is 1.09. The minimum Gasteiger partial charge on any atom is -0.382 e. The van der Waals surface area contributed by atoms with Gasteiger partial charge in [-0.15, -0.1) is 0 Å². The molecule has 1 saturated heterocycles. The molecule has 122 valence electrons. The average molecular weight is 354 g/mol. The van der Waals surface area contributed by atoms with Crippen molar-refractivity contribution < 1.29 is 14.2 Å². The molecule has 6 heteroatoms. The van der Waals surface area contributed by atoms with Crippen LogP contribution in [-0.2, 0) is 26.4 Å². The van der Waals surface area contributed by atoms with Crippen molar-refractivity contribution in [2.24, 2.45) is 0 Å². The summed E-state index contributed by atoms with van der Waals surface area (Å²) < 4.78 is 17.5. The predicted octanol–water partition coefficient (Wildman–Crippen LogP) is 3.85. The zero-order valence-electron chi connectivity index (χ0n) is 12.7. The Balaban J connectivity index is 1.97. The number of hydrogen-bond acceptors (Lipinski definition) is 4. The molecule has 2 atom stereocenters. The molecule has 2 unspecified atom stereocenters. The molecular formula is C17H17Cl2NO3. The molecule has 1 aliphatic heterocycles. The van der Waals surface area contributed by atoms with Gasteiger partial charge in [0, 0.05) is 36.5 Å². The van der Waals surface area contributed by atoms with Crippen LogP contribution >= 0.6 is 23.2 Å². The van der Waals surface area contributed by atoms with Crippen molar-refractivity contribution in [3.8, 4) is 0 Å². The second kappa shape index (κ2) is 7.16. The first-order valence-corrected chi connectivity index (χ1v) is 8.04. The van der Waals surface area contributed by atoms with Crippen LogP contribution < -0.4 is 0 Å². The van der Waals surface area contributed by atoms with Crippen LogP contribution in [0.15, 0.2) is 42.7 Å². The number of nitrogens with zero attached hydrogens (tertiary/aromatic N) is 1. The third-order valence-electron chi connectivity index (χ3n) is 3.74. The summed E-state index contributed by atoms with van der Waals surface area (Å²) in [4.78, 5) is 4.04. The van der Waals surface area contributed by atoms with E-state index in [1.54, 1.807) is 31.6 Å². The van der Waals surface area contributed by atoms with Crippen LogP contribution in [-0.4, -0.2) is 31.4 Å². The molecule has 1 aromatic heterocycles. The van der Waals surface area contributed by atoms with Crippen molar-refractivity contribution in [1.82, 2.24) is 4.98 Å². The molecule has 1 aromatic carbocycles. The zero-order chi connectivity index (χ0) is 16.3. The summed E-state index contributed by atoms with van der Waals surface area (Å²) in [6.45, 7) is 0.904. The largest absolute Gasteiger partial charge is 0.382 e. The van der Waals surface area contributed by atoms with Crippen LogP contribution in [0.4, 0.5) is 0 Å². The molecular weight excluding hydrogens is 337 g/mol. The quantitative estimate of drug-likeness (QED) is 0.818. The number of benzene rings is 1. The van der Waals surface area contributed by atoms with E-state index in [2.05, 4.69) is 4.98 Å². The van der Waals surface area contributed by atoms with E-state index >= 15 is 0 Å². The molecule has 0 amide bonds. The molecule has 0 spiro atoms. The fourth-order valence-corrected chi connectivity index (χ4v) is 3.28. The Morgan fingerprint density at radius 3 is 2.74 bits per heavy atom. The summed E-state index contributed by atoms with van der Waals surface area (Å²) in [6.07, 6.45) is 3.87. The van der Waals surface area contributed by atoms with Crippen LogP contribution in [0.5, 0.6) is 0 Å². The van der Waals surface area contributed by atoms with Gasteiger partial charge in [0.2, 0.25) is 5.79 Å². The van der Waals surface area contributed by atoms with Crippen molar-refractivity contribution in [3.63, 3.8) is 0 Å². The van der Waals surface area contributed by atoms with E-state index in [9.17, 15) is 0 Å². The van der Waals surface area contributed by atoms with Gasteiger partial charge in [-0.25, -0.2) is 0 Å². The lowest BCUT2D eigenvalue weighted by atomic mass is 9.98. The number of methoxy groups -OCH3 is 1. The summed E-state index contributed by atoms with van der Waals surface area (Å²) in [5.41, 5.74) is 1.81. The first-order chi connectivity index (χ1) is 11.1. The average Bonchev–Trinajstić information content (AvgIpc) is 2.92. The highest BCUT2D eigenvalue weighted by molar-refractivity contribution is 6.35. The van der Waals surface area contributed by atoms with Crippen molar-refractivity contribution in [1.29, 1.82) is 0 Å². The lowest BCUT2D eigenvalue weighted by Gasteiger charge is -2.29. The van der Waals surface area contributed by atoms with Gasteiger partial charge in [-0.1, -0.05) is 29.3 Å². The van der Waals surface area contributed by atoms with E-state index < -0.39 is 5.79 Å². The van der Waals surface area contributed by atoms with Gasteiger partial charge in [0.1, 0.15) is 6.10 Å². The zero-order valence-corrected chi connectivity index (χ0v) is 14.2. The fourth-order valence-electron chi connectivity index (χ4n) is 2.73. The van der Waals surface area contributed by atoms with Crippen molar-refractivity contribution >= 4 is 23.2 Å². The second-order valence-corrected chi connectivity index (χ2v) is 6.26. The number of halogens is 2. The molecule has 0 aliphatic carbocycles. The summed E-state index contributed by atoms with van der Waals surface area (Å²) in [5.74, 6) is -0.952. The standard InChI is InChI=1S/C17H17Cl2NO3/c1-21-10-14-11-22-17(23-14,9-12-4-6-20-7-5-12)15-3-2-13(18)8-16(15)19/h2-8,14H,9-11H2,1H3. The Kier molecular flexibility index (Phi) is 5.19. The highest BCUT2D eigenvalue weighted by atomic mass is 35.5. The second-order valence-electron chi connectivity index (χ2n) is 5.42. The maximum absolute atomic E-state index is 6.40. The van der Waals surface area contributed by atoms with Gasteiger partial charge in [0.15, 0.2) is 0 Å². The third kappa shape index (κ3) is 3.67. The van der Waals surface area contributed by atoms with Crippen LogP contribution in [0.2, 0.25) is 10.0 Å². The number of hydrogen-bond donors (Lipinski definition) is 0. The van der Waals surface area contributed by atoms with Crippen LogP contribution in [0.1, 0.15) is 11.1 Å². The molecule has 1 aliphatic rings. The molecule has 2 heterocycles. The van der Waals surface area contributed by atoms with Gasteiger partial charge in [-0.3, -0.25) is 4.98 Å². The van der Waals surface area contributed by atoms with Gasteiger partial charge in [0.25, 0.3) is 0 Å². The number of aromatic nitrogens is 1. The fraction of sp³-hybridized carbons (Fsp3) is 0.353. The Bertz CT molecular complexity index is 668. The molecule has 1 fully saturated rings. The topological polar surface area (TPSA) is 40.6 Å². The molecule has 0 bridgehead atoms. The minimum atomic E-state index is -0.952. The first-order valence-electron chi connectivity index (χ1n) is 7.28. The molecule has 0 N–H and O–H groups in total. The van der Waals surface area contributed by atoms with E-state index in [0.29, 0.717) is 29.7 Å². The van der Waals surface area contributed by atoms with Crippen LogP contribution in [0.3, 0.4) is 0 Å². The highest BCUT2D eigenvalue weighted by Gasteiger charge is 2.44. The molecule has 0 saturated carbocycles. The third-order valence-corrected chi connectivity index (χ3v) is 4.29. The highest BCUT2D eigenvalue weighted by Crippen LogP contribution is 2.41. The van der Waals surface area contributed by atoms with Crippen molar-refractivity contribution in [3.05, 3.63) is 63.9 Å². The van der Waals surface area contributed by atoms with E-state index in [1.165, 1.54) is 0 Å². The number of rotatable bonds is 5. The number of pyridine rings is 1. The molecule has 4 nitrogen and oxygen atoms in total. The molecule has 0 radical (unpaired) electrons. The monoisotopic (exact) mass is 353 g/mol. The normalized spacial score (nSPS) is 24.0. The summed E-state index contributed by atoms with van der Waals surface area (Å²) in [7, 11) is 1.64. The van der Waals surface area contributed by atoms with Gasteiger partial charge < -0.3 is 14.2 Å². The first kappa shape index (κ1) is 16.7. The molecule has 23 heavy (non-hydrogen) atoms. The van der Waals surface area contributed by atoms with Crippen molar-refractivity contribution in [2.75, 3.05) is 20.3 Å². The Morgan fingerprint density at radius 2 is 2.04 bits per heavy atom. The van der Waals surface area contributed by atoms with E-state index in [0.717, 1.165) is 11.1 Å². The Morgan fingerprint density at radius 1 is 1.26 bits per heavy atom. The van der Waals surface area contributed by atoms with Gasteiger partial charge in [0.05, 0.1) is 18.2 Å². The smallest absolute Gasteiger partial charge is 0.200 e. The maximum Gasteiger partial charge on any atom is 0.200 e. The Labute approximate surface area is 145 Å². The molecule has 3 rings (SSSR count). The predicted molar refractivity (Wildman–Crippen MR) is 88.8 cm³/mol. The van der Waals surface area contributed by atoms with E-state index in [-0.39, 0.29) is 6.10 Å². The van der Waals surface area contributed by atoms with Crippen molar-refractivity contribution in [2.45, 2.75) is 18.3 Å². The SMILES string of the molecule is COCC1COC(Cc2ccncc2)(c2ccc(Cl)cc2Cl)O1. The van der Waals surface area contributed by atoms with Gasteiger partial charge in [-0.05, 0) is 29.8 Å². The van der Waals surface area contributed by atoms with Crippen LogP contribution in [0.25, 0.3) is 0 Å². The summed E-state index contributed by atoms with van der Waals surface area (Å²) in [6, 6.07) is 9.20. The molecule has 2 aromatic rings. The minimum absolute atomic E-state index is 0.145. The lowest BCUT2D eigenvalue weighted by Crippen LogP contribution is -2.32. The van der Waals surface area contributed by atoms with E-state index in [1.807, 2.05) is 18.2 Å². The number of ether oxygens (including phenoxy) is 3. The maximum atomic E-state index is 6.40. The summed E-state index contributed by atoms with van der Waals surface area (Å²) >= 11 is 12.4. The van der Waals surface area contributed by atoms with Gasteiger partial charge in [-0.2, -0.15) is 0 Å². The van der Waals surface area contributed by atoms with E-state index in [4.69, 9.17) is 37.4 Å².